The number of carbonyl (C=O) groups is 2. The Hall–Kier alpha value is -3.44. The Labute approximate surface area is 219 Å². The van der Waals surface area contributed by atoms with Crippen LogP contribution in [-0.2, 0) is 10.3 Å². The van der Waals surface area contributed by atoms with Crippen LogP contribution in [0.3, 0.4) is 0 Å². The largest absolute Gasteiger partial charge is 0.321 e. The molecule has 2 aliphatic carbocycles. The fraction of sp³-hybridized carbons (Fsp3) is 0.517. The summed E-state index contributed by atoms with van der Waals surface area (Å²) in [5.74, 6) is 0.592. The summed E-state index contributed by atoms with van der Waals surface area (Å²) < 4.78 is 0. The number of nitrogens with zero attached hydrogens (tertiary/aromatic N) is 5. The van der Waals surface area contributed by atoms with Crippen molar-refractivity contribution >= 4 is 17.8 Å². The molecule has 5 rings (SSSR count). The number of anilines is 1. The quantitative estimate of drug-likeness (QED) is 0.615. The predicted molar refractivity (Wildman–Crippen MR) is 142 cm³/mol. The first kappa shape index (κ1) is 25.2. The van der Waals surface area contributed by atoms with E-state index in [1.54, 1.807) is 17.0 Å². The van der Waals surface area contributed by atoms with Gasteiger partial charge in [0, 0.05) is 24.8 Å². The zero-order chi connectivity index (χ0) is 26.0. The summed E-state index contributed by atoms with van der Waals surface area (Å²) in [5, 5.41) is 11.9. The molecule has 8 heteroatoms. The molecule has 0 bridgehead atoms. The highest BCUT2D eigenvalue weighted by atomic mass is 16.2. The third-order valence-electron chi connectivity index (χ3n) is 8.89. The number of amides is 3. The summed E-state index contributed by atoms with van der Waals surface area (Å²) in [5.41, 5.74) is 1.45. The summed E-state index contributed by atoms with van der Waals surface area (Å²) >= 11 is 0. The van der Waals surface area contributed by atoms with Crippen molar-refractivity contribution in [1.29, 1.82) is 5.26 Å². The lowest BCUT2D eigenvalue weighted by Crippen LogP contribution is -2.56. The number of pyridine rings is 1. The Balaban J connectivity index is 1.34. The third kappa shape index (κ3) is 4.80. The SMILES string of the molecule is CN(C)C1(c2ccccc2)CCC2(CC1)CN(CC(=O)Nc1cc(C#N)ccn1)C(=O)N2CC1CCC1. The average molecular weight is 501 g/mol. The molecule has 2 aromatic rings. The molecule has 8 nitrogen and oxygen atoms in total. The second-order valence-corrected chi connectivity index (χ2v) is 11.2. The standard InChI is InChI=1S/C29H36N6O2/c1-33(2)29(24-9-4-3-5-10-24)14-12-28(13-15-29)21-34(27(37)35(28)19-22-7-6-8-22)20-26(36)32-25-17-23(18-30)11-16-31-25/h3-5,9-11,16-17,22H,6-8,12-15,19-21H2,1-2H3,(H,31,32,36). The highest BCUT2D eigenvalue weighted by Crippen LogP contribution is 2.49. The third-order valence-corrected chi connectivity index (χ3v) is 8.89. The van der Waals surface area contributed by atoms with Crippen molar-refractivity contribution in [2.75, 3.05) is 39.0 Å². The maximum Gasteiger partial charge on any atom is 0.321 e. The molecule has 194 valence electrons. The zero-order valence-corrected chi connectivity index (χ0v) is 21.8. The smallest absolute Gasteiger partial charge is 0.317 e. The number of carbonyl (C=O) groups excluding carboxylic acids is 2. The van der Waals surface area contributed by atoms with Gasteiger partial charge in [-0.05, 0) is 76.2 Å². The van der Waals surface area contributed by atoms with E-state index in [4.69, 9.17) is 5.26 Å². The molecule has 2 heterocycles. The van der Waals surface area contributed by atoms with E-state index in [0.29, 0.717) is 23.8 Å². The lowest BCUT2D eigenvalue weighted by atomic mass is 9.68. The van der Waals surface area contributed by atoms with Crippen LogP contribution in [0.25, 0.3) is 0 Å². The van der Waals surface area contributed by atoms with Crippen molar-refractivity contribution in [3.63, 3.8) is 0 Å². The highest BCUT2D eigenvalue weighted by Gasteiger charge is 2.55. The van der Waals surface area contributed by atoms with Crippen LogP contribution in [0.5, 0.6) is 0 Å². The van der Waals surface area contributed by atoms with Crippen molar-refractivity contribution in [2.24, 2.45) is 5.92 Å². The lowest BCUT2D eigenvalue weighted by Gasteiger charge is -2.51. The number of aromatic nitrogens is 1. The average Bonchev–Trinajstić information content (AvgIpc) is 3.12. The molecule has 1 aromatic heterocycles. The molecule has 1 N–H and O–H groups in total. The fourth-order valence-corrected chi connectivity index (χ4v) is 6.43. The van der Waals surface area contributed by atoms with Gasteiger partial charge < -0.3 is 15.1 Å². The zero-order valence-electron chi connectivity index (χ0n) is 21.8. The maximum absolute atomic E-state index is 13.7. The summed E-state index contributed by atoms with van der Waals surface area (Å²) in [7, 11) is 4.31. The number of hydrogen-bond donors (Lipinski definition) is 1. The molecule has 3 aliphatic rings. The second kappa shape index (κ2) is 10.1. The van der Waals surface area contributed by atoms with E-state index in [1.807, 2.05) is 0 Å². The van der Waals surface area contributed by atoms with Gasteiger partial charge >= 0.3 is 6.03 Å². The van der Waals surface area contributed by atoms with Gasteiger partial charge in [0.25, 0.3) is 0 Å². The van der Waals surface area contributed by atoms with E-state index in [2.05, 4.69) is 70.6 Å². The molecule has 0 unspecified atom stereocenters. The Morgan fingerprint density at radius 2 is 1.89 bits per heavy atom. The van der Waals surface area contributed by atoms with Crippen molar-refractivity contribution < 1.29 is 9.59 Å². The van der Waals surface area contributed by atoms with Crippen molar-refractivity contribution in [1.82, 2.24) is 19.7 Å². The number of benzene rings is 1. The molecule has 2 saturated carbocycles. The van der Waals surface area contributed by atoms with Gasteiger partial charge in [0.15, 0.2) is 0 Å². The molecule has 3 amide bonds. The normalized spacial score (nSPS) is 25.8. The Morgan fingerprint density at radius 1 is 1.16 bits per heavy atom. The minimum Gasteiger partial charge on any atom is -0.317 e. The highest BCUT2D eigenvalue weighted by molar-refractivity contribution is 5.94. The summed E-state index contributed by atoms with van der Waals surface area (Å²) in [4.78, 5) is 36.9. The van der Waals surface area contributed by atoms with Gasteiger partial charge in [-0.1, -0.05) is 36.8 Å². The van der Waals surface area contributed by atoms with Crippen molar-refractivity contribution in [3.8, 4) is 6.07 Å². The molecule has 3 fully saturated rings. The first-order valence-corrected chi connectivity index (χ1v) is 13.3. The van der Waals surface area contributed by atoms with Gasteiger partial charge in [-0.25, -0.2) is 9.78 Å². The van der Waals surface area contributed by atoms with Gasteiger partial charge in [-0.15, -0.1) is 0 Å². The van der Waals surface area contributed by atoms with Crippen LogP contribution in [-0.4, -0.2) is 70.9 Å². The first-order valence-electron chi connectivity index (χ1n) is 13.3. The lowest BCUT2D eigenvalue weighted by molar-refractivity contribution is -0.116. The molecule has 1 aliphatic heterocycles. The number of rotatable bonds is 7. The van der Waals surface area contributed by atoms with E-state index < -0.39 is 0 Å². The second-order valence-electron chi connectivity index (χ2n) is 11.2. The number of nitrogens with one attached hydrogen (secondary N) is 1. The maximum atomic E-state index is 13.7. The number of urea groups is 1. The van der Waals surface area contributed by atoms with Gasteiger partial charge in [0.05, 0.1) is 17.2 Å². The van der Waals surface area contributed by atoms with E-state index in [9.17, 15) is 9.59 Å². The minimum absolute atomic E-state index is 0.0162. The molecular formula is C29H36N6O2. The molecule has 1 spiro atoms. The molecule has 1 aromatic carbocycles. The van der Waals surface area contributed by atoms with Gasteiger partial charge in [-0.2, -0.15) is 5.26 Å². The molecule has 0 atom stereocenters. The van der Waals surface area contributed by atoms with Crippen LogP contribution in [0.15, 0.2) is 48.7 Å². The van der Waals surface area contributed by atoms with Crippen LogP contribution < -0.4 is 5.32 Å². The van der Waals surface area contributed by atoms with Crippen LogP contribution >= 0.6 is 0 Å². The summed E-state index contributed by atoms with van der Waals surface area (Å²) in [6.07, 6.45) is 8.81. The summed E-state index contributed by atoms with van der Waals surface area (Å²) in [6.45, 7) is 1.33. The minimum atomic E-state index is -0.292. The van der Waals surface area contributed by atoms with E-state index in [-0.39, 0.29) is 29.6 Å². The Kier molecular flexibility index (Phi) is 6.91. The van der Waals surface area contributed by atoms with E-state index >= 15 is 0 Å². The van der Waals surface area contributed by atoms with Crippen molar-refractivity contribution in [2.45, 2.75) is 56.0 Å². The number of hydrogen-bond acceptors (Lipinski definition) is 5. The van der Waals surface area contributed by atoms with E-state index in [0.717, 1.165) is 32.2 Å². The molecular weight excluding hydrogens is 464 g/mol. The summed E-state index contributed by atoms with van der Waals surface area (Å²) in [6, 6.07) is 15.9. The fourth-order valence-electron chi connectivity index (χ4n) is 6.43. The van der Waals surface area contributed by atoms with Crippen LogP contribution in [0, 0.1) is 17.2 Å². The van der Waals surface area contributed by atoms with Gasteiger partial charge in [0.1, 0.15) is 12.4 Å². The molecule has 1 saturated heterocycles. The monoisotopic (exact) mass is 500 g/mol. The Morgan fingerprint density at radius 3 is 2.51 bits per heavy atom. The number of nitriles is 1. The van der Waals surface area contributed by atoms with Crippen molar-refractivity contribution in [3.05, 3.63) is 59.8 Å². The van der Waals surface area contributed by atoms with Gasteiger partial charge in [-0.3, -0.25) is 9.69 Å². The van der Waals surface area contributed by atoms with Crippen LogP contribution in [0.1, 0.15) is 56.1 Å². The first-order chi connectivity index (χ1) is 17.8. The topological polar surface area (TPSA) is 92.6 Å². The van der Waals surface area contributed by atoms with Crippen LogP contribution in [0.2, 0.25) is 0 Å². The van der Waals surface area contributed by atoms with Gasteiger partial charge in [0.2, 0.25) is 5.91 Å². The molecule has 0 radical (unpaired) electrons. The molecule has 37 heavy (non-hydrogen) atoms. The van der Waals surface area contributed by atoms with E-state index in [1.165, 1.54) is 31.0 Å². The Bertz CT molecular complexity index is 1180. The predicted octanol–water partition coefficient (Wildman–Crippen LogP) is 4.20. The van der Waals surface area contributed by atoms with Crippen LogP contribution in [0.4, 0.5) is 10.6 Å².